The van der Waals surface area contributed by atoms with Gasteiger partial charge in [0, 0.05) is 24.4 Å². The monoisotopic (exact) mass is 311 g/mol. The Balaban J connectivity index is 1.43. The fourth-order valence-corrected chi connectivity index (χ4v) is 2.67. The minimum absolute atomic E-state index is 0.00979. The van der Waals surface area contributed by atoms with Gasteiger partial charge >= 0.3 is 0 Å². The Morgan fingerprint density at radius 2 is 2.30 bits per heavy atom. The van der Waals surface area contributed by atoms with Crippen molar-refractivity contribution in [2.45, 2.75) is 31.9 Å². The number of nitrogens with one attached hydrogen (secondary N) is 1. The summed E-state index contributed by atoms with van der Waals surface area (Å²) in [5, 5.41) is 16.2. The number of para-hydroxylation sites is 1. The van der Waals surface area contributed by atoms with Crippen molar-refractivity contribution in [3.8, 4) is 0 Å². The van der Waals surface area contributed by atoms with E-state index < -0.39 is 0 Å². The first-order valence-corrected chi connectivity index (χ1v) is 7.71. The van der Waals surface area contributed by atoms with Gasteiger partial charge in [-0.15, -0.1) is 5.10 Å². The average molecular weight is 311 g/mol. The zero-order valence-electron chi connectivity index (χ0n) is 12.8. The third-order valence-corrected chi connectivity index (χ3v) is 4.21. The van der Waals surface area contributed by atoms with E-state index in [9.17, 15) is 4.79 Å². The quantitative estimate of drug-likeness (QED) is 0.555. The number of hydrogen-bond acceptors (Lipinski definition) is 5. The third-order valence-electron chi connectivity index (χ3n) is 4.21. The predicted molar refractivity (Wildman–Crippen MR) is 83.2 cm³/mol. The maximum Gasteiger partial charge on any atom is 0.184 e. The molecule has 0 bridgehead atoms. The molecule has 7 nitrogen and oxygen atoms in total. The van der Waals surface area contributed by atoms with Crippen molar-refractivity contribution in [3.63, 3.8) is 0 Å². The summed E-state index contributed by atoms with van der Waals surface area (Å²) in [5.41, 5.74) is 2.18. The fourth-order valence-electron chi connectivity index (χ4n) is 2.67. The maximum atomic E-state index is 12.4. The molecule has 118 valence electrons. The van der Waals surface area contributed by atoms with Crippen LogP contribution in [-0.4, -0.2) is 43.7 Å². The van der Waals surface area contributed by atoms with Crippen molar-refractivity contribution in [1.29, 1.82) is 0 Å². The van der Waals surface area contributed by atoms with Crippen molar-refractivity contribution < 1.29 is 9.53 Å². The van der Waals surface area contributed by atoms with Crippen LogP contribution in [0.4, 0.5) is 0 Å². The summed E-state index contributed by atoms with van der Waals surface area (Å²) in [6.07, 6.45) is 3.05. The number of ketones is 1. The van der Waals surface area contributed by atoms with Crippen molar-refractivity contribution in [1.82, 2.24) is 25.2 Å². The molecule has 3 heterocycles. The van der Waals surface area contributed by atoms with E-state index in [4.69, 9.17) is 4.74 Å². The molecule has 0 aliphatic carbocycles. The number of rotatable bonds is 6. The first-order valence-electron chi connectivity index (χ1n) is 7.71. The van der Waals surface area contributed by atoms with Crippen molar-refractivity contribution in [2.75, 3.05) is 6.61 Å². The molecule has 1 aromatic carbocycles. The Hall–Kier alpha value is -2.54. The van der Waals surface area contributed by atoms with E-state index >= 15 is 0 Å². The van der Waals surface area contributed by atoms with Crippen molar-refractivity contribution in [2.24, 2.45) is 0 Å². The second kappa shape index (κ2) is 5.58. The van der Waals surface area contributed by atoms with Crippen LogP contribution in [0.5, 0.6) is 0 Å². The third kappa shape index (κ3) is 2.75. The highest BCUT2D eigenvalue weighted by Gasteiger charge is 2.31. The standard InChI is InChI=1S/C16H17N5O2/c1-10(15-9-23-15)21-8-11(17-20-21)6-7-14(22)16-12-4-2-3-5-13(12)18-19-16/h2-5,8,10,15H,6-7,9H2,1H3,(H,18,19). The topological polar surface area (TPSA) is 89.0 Å². The first-order chi connectivity index (χ1) is 11.2. The molecule has 2 aromatic heterocycles. The number of benzene rings is 1. The zero-order valence-corrected chi connectivity index (χ0v) is 12.8. The molecule has 7 heteroatoms. The number of Topliss-reactive ketones (excluding diaryl/α,β-unsaturated/α-hetero) is 1. The summed E-state index contributed by atoms with van der Waals surface area (Å²) >= 11 is 0. The molecular formula is C16H17N5O2. The van der Waals surface area contributed by atoms with E-state index in [1.807, 2.05) is 30.5 Å². The SMILES string of the molecule is CC(C1CO1)n1cc(CCC(=O)c2n[nH]c3ccccc23)nn1. The molecule has 1 aliphatic heterocycles. The molecule has 1 aliphatic rings. The van der Waals surface area contributed by atoms with E-state index in [1.165, 1.54) is 0 Å². The molecule has 0 radical (unpaired) electrons. The van der Waals surface area contributed by atoms with Crippen LogP contribution in [0.25, 0.3) is 10.9 Å². The Morgan fingerprint density at radius 1 is 1.48 bits per heavy atom. The highest BCUT2D eigenvalue weighted by molar-refractivity contribution is 6.05. The van der Waals surface area contributed by atoms with Crippen LogP contribution in [0.2, 0.25) is 0 Å². The molecule has 4 rings (SSSR count). The normalized spacial score (nSPS) is 18.2. The lowest BCUT2D eigenvalue weighted by Gasteiger charge is -2.05. The number of H-pyrrole nitrogens is 1. The second-order valence-corrected chi connectivity index (χ2v) is 5.84. The van der Waals surface area contributed by atoms with Gasteiger partial charge in [0.2, 0.25) is 0 Å². The molecule has 3 aromatic rings. The number of aryl methyl sites for hydroxylation is 1. The van der Waals surface area contributed by atoms with Crippen LogP contribution < -0.4 is 0 Å². The molecule has 1 fully saturated rings. The van der Waals surface area contributed by atoms with Gasteiger partial charge in [0.05, 0.1) is 23.9 Å². The van der Waals surface area contributed by atoms with Crippen LogP contribution in [0.3, 0.4) is 0 Å². The summed E-state index contributed by atoms with van der Waals surface area (Å²) in [4.78, 5) is 12.4. The molecule has 1 N–H and O–H groups in total. The lowest BCUT2D eigenvalue weighted by atomic mass is 10.1. The zero-order chi connectivity index (χ0) is 15.8. The minimum atomic E-state index is 0.00979. The number of fused-ring (bicyclic) bond motifs is 1. The highest BCUT2D eigenvalue weighted by atomic mass is 16.6. The van der Waals surface area contributed by atoms with E-state index in [0.717, 1.165) is 23.2 Å². The number of nitrogens with zero attached hydrogens (tertiary/aromatic N) is 4. The molecule has 2 atom stereocenters. The smallest absolute Gasteiger partial charge is 0.184 e. The van der Waals surface area contributed by atoms with Gasteiger partial charge < -0.3 is 4.74 Å². The van der Waals surface area contributed by atoms with Crippen LogP contribution in [0.1, 0.15) is 35.6 Å². The fraction of sp³-hybridized carbons (Fsp3) is 0.375. The molecule has 0 spiro atoms. The van der Waals surface area contributed by atoms with E-state index in [1.54, 1.807) is 4.68 Å². The largest absolute Gasteiger partial charge is 0.371 e. The summed E-state index contributed by atoms with van der Waals surface area (Å²) < 4.78 is 7.07. The number of hydrogen-bond donors (Lipinski definition) is 1. The Labute approximate surface area is 132 Å². The number of aromatic nitrogens is 5. The van der Waals surface area contributed by atoms with Gasteiger partial charge in [-0.2, -0.15) is 5.10 Å². The molecule has 0 amide bonds. The minimum Gasteiger partial charge on any atom is -0.371 e. The summed E-state index contributed by atoms with van der Waals surface area (Å²) in [6, 6.07) is 7.81. The molecule has 23 heavy (non-hydrogen) atoms. The lowest BCUT2D eigenvalue weighted by molar-refractivity contribution is 0.0979. The molecule has 0 saturated carbocycles. The number of epoxide rings is 1. The molecule has 1 saturated heterocycles. The van der Waals surface area contributed by atoms with Gasteiger partial charge in [-0.05, 0) is 13.0 Å². The van der Waals surface area contributed by atoms with Crippen LogP contribution in [0.15, 0.2) is 30.5 Å². The second-order valence-electron chi connectivity index (χ2n) is 5.84. The maximum absolute atomic E-state index is 12.4. The van der Waals surface area contributed by atoms with Gasteiger partial charge in [-0.1, -0.05) is 23.4 Å². The number of carbonyl (C=O) groups excluding carboxylic acids is 1. The van der Waals surface area contributed by atoms with Crippen LogP contribution in [-0.2, 0) is 11.2 Å². The average Bonchev–Trinajstić information content (AvgIpc) is 3.16. The van der Waals surface area contributed by atoms with E-state index in [2.05, 4.69) is 27.4 Å². The van der Waals surface area contributed by atoms with E-state index in [-0.39, 0.29) is 17.9 Å². The van der Waals surface area contributed by atoms with Gasteiger partial charge in [-0.3, -0.25) is 9.89 Å². The molecular weight excluding hydrogens is 294 g/mol. The predicted octanol–water partition coefficient (Wildman–Crippen LogP) is 1.93. The van der Waals surface area contributed by atoms with E-state index in [0.29, 0.717) is 18.5 Å². The van der Waals surface area contributed by atoms with Gasteiger partial charge in [0.25, 0.3) is 0 Å². The Morgan fingerprint density at radius 3 is 3.13 bits per heavy atom. The Kier molecular flexibility index (Phi) is 3.42. The number of aromatic amines is 1. The number of ether oxygens (including phenoxy) is 1. The molecule has 2 unspecified atom stereocenters. The highest BCUT2D eigenvalue weighted by Crippen LogP contribution is 2.23. The van der Waals surface area contributed by atoms with Gasteiger partial charge in [0.1, 0.15) is 11.8 Å². The van der Waals surface area contributed by atoms with Gasteiger partial charge in [0.15, 0.2) is 5.78 Å². The Bertz CT molecular complexity index is 849. The van der Waals surface area contributed by atoms with Gasteiger partial charge in [-0.25, -0.2) is 4.68 Å². The lowest BCUT2D eigenvalue weighted by Crippen LogP contribution is -2.11. The summed E-state index contributed by atoms with van der Waals surface area (Å²) in [5.74, 6) is 0.00979. The summed E-state index contributed by atoms with van der Waals surface area (Å²) in [6.45, 7) is 2.83. The number of carbonyl (C=O) groups is 1. The summed E-state index contributed by atoms with van der Waals surface area (Å²) in [7, 11) is 0. The van der Waals surface area contributed by atoms with Crippen LogP contribution in [0, 0.1) is 0 Å². The van der Waals surface area contributed by atoms with Crippen LogP contribution >= 0.6 is 0 Å². The van der Waals surface area contributed by atoms with Crippen molar-refractivity contribution >= 4 is 16.7 Å². The van der Waals surface area contributed by atoms with Crippen molar-refractivity contribution in [3.05, 3.63) is 41.9 Å². The first kappa shape index (κ1) is 14.1.